The Labute approximate surface area is 120 Å². The van der Waals surface area contributed by atoms with Crippen molar-refractivity contribution >= 4 is 17.7 Å². The van der Waals surface area contributed by atoms with Gasteiger partial charge in [-0.15, -0.1) is 24.9 Å². The summed E-state index contributed by atoms with van der Waals surface area (Å²) < 4.78 is 0. The van der Waals surface area contributed by atoms with E-state index in [4.69, 9.17) is 0 Å². The Hall–Kier alpha value is -1.48. The van der Waals surface area contributed by atoms with Crippen molar-refractivity contribution in [3.8, 4) is 0 Å². The number of hydrogen-bond acceptors (Lipinski definition) is 2. The van der Waals surface area contributed by atoms with Crippen LogP contribution in [0.25, 0.3) is 0 Å². The Morgan fingerprint density at radius 1 is 1.26 bits per heavy atom. The molecule has 0 unspecified atom stereocenters. The highest BCUT2D eigenvalue weighted by atomic mass is 32.2. The minimum Gasteiger partial charge on any atom is -0.331 e. The SMILES string of the molecule is C=CCN(CC=C)C(=O)c1ccccc1SCCC. The van der Waals surface area contributed by atoms with Gasteiger partial charge in [-0.2, -0.15) is 0 Å². The summed E-state index contributed by atoms with van der Waals surface area (Å²) in [6, 6.07) is 7.77. The Morgan fingerprint density at radius 3 is 2.47 bits per heavy atom. The Balaban J connectivity index is 2.95. The van der Waals surface area contributed by atoms with Crippen molar-refractivity contribution in [1.82, 2.24) is 4.90 Å². The number of amides is 1. The molecule has 0 heterocycles. The predicted octanol–water partition coefficient (Wildman–Crippen LogP) is 4.00. The van der Waals surface area contributed by atoms with Gasteiger partial charge in [-0.25, -0.2) is 0 Å². The molecule has 3 heteroatoms. The fourth-order valence-corrected chi connectivity index (χ4v) is 2.61. The molecule has 0 aliphatic carbocycles. The summed E-state index contributed by atoms with van der Waals surface area (Å²) in [6.45, 7) is 10.6. The molecule has 2 nitrogen and oxygen atoms in total. The van der Waals surface area contributed by atoms with Crippen LogP contribution in [0.1, 0.15) is 23.7 Å². The van der Waals surface area contributed by atoms with Crippen LogP contribution in [-0.2, 0) is 0 Å². The van der Waals surface area contributed by atoms with Crippen LogP contribution in [0.15, 0.2) is 54.5 Å². The Morgan fingerprint density at radius 2 is 1.89 bits per heavy atom. The normalized spacial score (nSPS) is 9.95. The fraction of sp³-hybridized carbons (Fsp3) is 0.312. The lowest BCUT2D eigenvalue weighted by Crippen LogP contribution is -2.31. The minimum atomic E-state index is 0.0407. The quantitative estimate of drug-likeness (QED) is 0.528. The van der Waals surface area contributed by atoms with Crippen LogP contribution in [0.3, 0.4) is 0 Å². The number of nitrogens with zero attached hydrogens (tertiary/aromatic N) is 1. The first-order chi connectivity index (χ1) is 9.24. The molecule has 1 aromatic carbocycles. The summed E-state index contributed by atoms with van der Waals surface area (Å²) in [5.74, 6) is 1.06. The summed E-state index contributed by atoms with van der Waals surface area (Å²) in [7, 11) is 0. The third-order valence-electron chi connectivity index (χ3n) is 2.57. The molecule has 0 radical (unpaired) electrons. The highest BCUT2D eigenvalue weighted by Crippen LogP contribution is 2.24. The van der Waals surface area contributed by atoms with Gasteiger partial charge in [0.25, 0.3) is 5.91 Å². The van der Waals surface area contributed by atoms with Crippen molar-refractivity contribution in [3.63, 3.8) is 0 Å². The van der Waals surface area contributed by atoms with Crippen LogP contribution in [0.5, 0.6) is 0 Å². The molecule has 0 spiro atoms. The monoisotopic (exact) mass is 275 g/mol. The topological polar surface area (TPSA) is 20.3 Å². The van der Waals surface area contributed by atoms with E-state index >= 15 is 0 Å². The highest BCUT2D eigenvalue weighted by Gasteiger charge is 2.16. The summed E-state index contributed by atoms with van der Waals surface area (Å²) in [5.41, 5.74) is 0.768. The summed E-state index contributed by atoms with van der Waals surface area (Å²) in [4.78, 5) is 15.3. The maximum atomic E-state index is 12.5. The van der Waals surface area contributed by atoms with Gasteiger partial charge in [-0.05, 0) is 24.3 Å². The van der Waals surface area contributed by atoms with Crippen LogP contribution in [0.2, 0.25) is 0 Å². The standard InChI is InChI=1S/C16H21NOS/c1-4-11-17(12-5-2)16(18)14-9-7-8-10-15(14)19-13-6-3/h4-5,7-10H,1-2,6,11-13H2,3H3. The first kappa shape index (κ1) is 15.6. The summed E-state index contributed by atoms with van der Waals surface area (Å²) in [6.07, 6.45) is 4.57. The van der Waals surface area contributed by atoms with E-state index in [2.05, 4.69) is 20.1 Å². The van der Waals surface area contributed by atoms with Gasteiger partial charge in [-0.1, -0.05) is 31.2 Å². The molecule has 0 aliphatic rings. The van der Waals surface area contributed by atoms with Crippen molar-refractivity contribution in [2.75, 3.05) is 18.8 Å². The maximum Gasteiger partial charge on any atom is 0.255 e. The Kier molecular flexibility index (Phi) is 7.04. The number of carbonyl (C=O) groups is 1. The minimum absolute atomic E-state index is 0.0407. The van der Waals surface area contributed by atoms with E-state index in [9.17, 15) is 4.79 Å². The van der Waals surface area contributed by atoms with E-state index in [0.29, 0.717) is 13.1 Å². The molecule has 102 valence electrons. The third-order valence-corrected chi connectivity index (χ3v) is 3.84. The molecule has 0 aromatic heterocycles. The first-order valence-corrected chi connectivity index (χ1v) is 7.46. The molecule has 0 atom stereocenters. The Bertz CT molecular complexity index is 432. The van der Waals surface area contributed by atoms with Crippen molar-refractivity contribution in [3.05, 3.63) is 55.1 Å². The largest absolute Gasteiger partial charge is 0.331 e. The zero-order valence-corrected chi connectivity index (χ0v) is 12.3. The summed E-state index contributed by atoms with van der Waals surface area (Å²) >= 11 is 1.73. The van der Waals surface area contributed by atoms with E-state index in [1.54, 1.807) is 28.8 Å². The molecule has 1 aromatic rings. The zero-order valence-electron chi connectivity index (χ0n) is 11.5. The molecule has 0 N–H and O–H groups in total. The molecule has 0 saturated carbocycles. The highest BCUT2D eigenvalue weighted by molar-refractivity contribution is 7.99. The molecule has 19 heavy (non-hydrogen) atoms. The van der Waals surface area contributed by atoms with Crippen LogP contribution in [-0.4, -0.2) is 29.6 Å². The van der Waals surface area contributed by atoms with E-state index < -0.39 is 0 Å². The maximum absolute atomic E-state index is 12.5. The second-order valence-corrected chi connectivity index (χ2v) is 5.27. The smallest absolute Gasteiger partial charge is 0.255 e. The van der Waals surface area contributed by atoms with Crippen molar-refractivity contribution in [2.24, 2.45) is 0 Å². The predicted molar refractivity (Wildman–Crippen MR) is 83.8 cm³/mol. The van der Waals surface area contributed by atoms with Crippen molar-refractivity contribution in [2.45, 2.75) is 18.2 Å². The van der Waals surface area contributed by atoms with Crippen LogP contribution in [0.4, 0.5) is 0 Å². The van der Waals surface area contributed by atoms with Gasteiger partial charge in [0.2, 0.25) is 0 Å². The summed E-state index contributed by atoms with van der Waals surface area (Å²) in [5, 5.41) is 0. The molecule has 1 amide bonds. The van der Waals surface area contributed by atoms with Crippen molar-refractivity contribution in [1.29, 1.82) is 0 Å². The lowest BCUT2D eigenvalue weighted by molar-refractivity contribution is 0.0787. The van der Waals surface area contributed by atoms with Gasteiger partial charge in [0, 0.05) is 18.0 Å². The third kappa shape index (κ3) is 4.60. The number of carbonyl (C=O) groups excluding carboxylic acids is 1. The number of rotatable bonds is 8. The molecule has 0 aliphatic heterocycles. The van der Waals surface area contributed by atoms with Crippen molar-refractivity contribution < 1.29 is 4.79 Å². The van der Waals surface area contributed by atoms with E-state index in [1.807, 2.05) is 24.3 Å². The number of benzene rings is 1. The van der Waals surface area contributed by atoms with Gasteiger partial charge >= 0.3 is 0 Å². The average molecular weight is 275 g/mol. The number of thioether (sulfide) groups is 1. The van der Waals surface area contributed by atoms with Gasteiger partial charge in [0.1, 0.15) is 0 Å². The zero-order chi connectivity index (χ0) is 14.1. The molecular formula is C16H21NOS. The van der Waals surface area contributed by atoms with E-state index in [1.165, 1.54) is 0 Å². The van der Waals surface area contributed by atoms with Gasteiger partial charge < -0.3 is 4.90 Å². The average Bonchev–Trinajstić information content (AvgIpc) is 2.44. The molecular weight excluding hydrogens is 254 g/mol. The number of hydrogen-bond donors (Lipinski definition) is 0. The van der Waals surface area contributed by atoms with Crippen LogP contribution in [0, 0.1) is 0 Å². The molecule has 0 bridgehead atoms. The lowest BCUT2D eigenvalue weighted by Gasteiger charge is -2.20. The molecule has 0 saturated heterocycles. The molecule has 1 rings (SSSR count). The van der Waals surface area contributed by atoms with Crippen LogP contribution < -0.4 is 0 Å². The van der Waals surface area contributed by atoms with E-state index in [-0.39, 0.29) is 5.91 Å². The second kappa shape index (κ2) is 8.59. The lowest BCUT2D eigenvalue weighted by atomic mass is 10.2. The van der Waals surface area contributed by atoms with Gasteiger partial charge in [0.05, 0.1) is 5.56 Å². The molecule has 0 fully saturated rings. The van der Waals surface area contributed by atoms with E-state index in [0.717, 1.165) is 22.6 Å². The van der Waals surface area contributed by atoms with Gasteiger partial charge in [0.15, 0.2) is 0 Å². The first-order valence-electron chi connectivity index (χ1n) is 6.47. The van der Waals surface area contributed by atoms with Gasteiger partial charge in [-0.3, -0.25) is 4.79 Å². The second-order valence-electron chi connectivity index (χ2n) is 4.13. The van der Waals surface area contributed by atoms with Crippen LogP contribution >= 0.6 is 11.8 Å². The fourth-order valence-electron chi connectivity index (χ4n) is 1.70.